The van der Waals surface area contributed by atoms with E-state index in [0.717, 1.165) is 0 Å². The first-order chi connectivity index (χ1) is 10.2. The quantitative estimate of drug-likeness (QED) is 0.944. The zero-order valence-electron chi connectivity index (χ0n) is 11.5. The molecule has 1 aliphatic heterocycles. The Kier molecular flexibility index (Phi) is 3.66. The number of benzene rings is 2. The van der Waals surface area contributed by atoms with Gasteiger partial charge < -0.3 is 19.3 Å². The second-order valence-corrected chi connectivity index (χ2v) is 4.75. The topological polar surface area (TPSA) is 47.9 Å². The molecule has 21 heavy (non-hydrogen) atoms. The van der Waals surface area contributed by atoms with Gasteiger partial charge in [-0.05, 0) is 30.3 Å². The van der Waals surface area contributed by atoms with Crippen molar-refractivity contribution in [1.29, 1.82) is 0 Å². The van der Waals surface area contributed by atoms with Crippen LogP contribution in [0, 0.1) is 5.82 Å². The van der Waals surface area contributed by atoms with Gasteiger partial charge in [0, 0.05) is 5.56 Å². The largest absolute Gasteiger partial charge is 0.496 e. The molecule has 5 heteroatoms. The van der Waals surface area contributed by atoms with Crippen molar-refractivity contribution in [3.05, 3.63) is 53.8 Å². The van der Waals surface area contributed by atoms with Crippen molar-refractivity contribution >= 4 is 0 Å². The predicted molar refractivity (Wildman–Crippen MR) is 74.3 cm³/mol. The van der Waals surface area contributed by atoms with E-state index in [1.807, 2.05) is 12.1 Å². The Hall–Kier alpha value is -2.27. The first kappa shape index (κ1) is 13.7. The number of para-hydroxylation sites is 2. The molecule has 2 aromatic carbocycles. The van der Waals surface area contributed by atoms with Gasteiger partial charge in [-0.3, -0.25) is 0 Å². The van der Waals surface area contributed by atoms with Crippen LogP contribution >= 0.6 is 0 Å². The zero-order valence-corrected chi connectivity index (χ0v) is 11.5. The van der Waals surface area contributed by atoms with E-state index in [2.05, 4.69) is 0 Å². The number of rotatable bonds is 3. The third-order valence-electron chi connectivity index (χ3n) is 3.39. The van der Waals surface area contributed by atoms with Gasteiger partial charge in [-0.2, -0.15) is 0 Å². The maximum atomic E-state index is 13.4. The SMILES string of the molecule is COc1ccc(F)cc1C(O)C1COc2ccccc2O1. The van der Waals surface area contributed by atoms with E-state index >= 15 is 0 Å². The highest BCUT2D eigenvalue weighted by atomic mass is 19.1. The maximum absolute atomic E-state index is 13.4. The van der Waals surface area contributed by atoms with Crippen LogP contribution in [-0.2, 0) is 0 Å². The highest BCUT2D eigenvalue weighted by molar-refractivity contribution is 5.42. The molecule has 0 fully saturated rings. The fraction of sp³-hybridized carbons (Fsp3) is 0.250. The second kappa shape index (κ2) is 5.61. The van der Waals surface area contributed by atoms with Crippen LogP contribution in [0.25, 0.3) is 0 Å². The first-order valence-corrected chi connectivity index (χ1v) is 6.59. The molecule has 0 aromatic heterocycles. The summed E-state index contributed by atoms with van der Waals surface area (Å²) < 4.78 is 29.9. The lowest BCUT2D eigenvalue weighted by molar-refractivity contribution is -0.0123. The van der Waals surface area contributed by atoms with Crippen molar-refractivity contribution in [2.75, 3.05) is 13.7 Å². The molecule has 1 aliphatic rings. The van der Waals surface area contributed by atoms with E-state index in [0.29, 0.717) is 22.8 Å². The molecule has 0 aliphatic carbocycles. The fourth-order valence-corrected chi connectivity index (χ4v) is 2.33. The van der Waals surface area contributed by atoms with Crippen molar-refractivity contribution in [3.8, 4) is 17.2 Å². The van der Waals surface area contributed by atoms with Crippen LogP contribution in [0.15, 0.2) is 42.5 Å². The summed E-state index contributed by atoms with van der Waals surface area (Å²) in [6.45, 7) is 0.178. The molecule has 0 radical (unpaired) electrons. The summed E-state index contributed by atoms with van der Waals surface area (Å²) in [6, 6.07) is 11.2. The third-order valence-corrected chi connectivity index (χ3v) is 3.39. The number of hydrogen-bond donors (Lipinski definition) is 1. The van der Waals surface area contributed by atoms with E-state index in [1.165, 1.54) is 25.3 Å². The van der Waals surface area contributed by atoms with Crippen LogP contribution in [-0.4, -0.2) is 24.9 Å². The molecule has 110 valence electrons. The van der Waals surface area contributed by atoms with Crippen molar-refractivity contribution in [2.24, 2.45) is 0 Å². The van der Waals surface area contributed by atoms with Gasteiger partial charge in [-0.25, -0.2) is 4.39 Å². The average Bonchev–Trinajstić information content (AvgIpc) is 2.53. The Morgan fingerprint density at radius 1 is 1.24 bits per heavy atom. The zero-order chi connectivity index (χ0) is 14.8. The van der Waals surface area contributed by atoms with E-state index < -0.39 is 18.0 Å². The minimum Gasteiger partial charge on any atom is -0.496 e. The van der Waals surface area contributed by atoms with Crippen LogP contribution in [0.3, 0.4) is 0 Å². The van der Waals surface area contributed by atoms with Gasteiger partial charge in [0.05, 0.1) is 7.11 Å². The van der Waals surface area contributed by atoms with Gasteiger partial charge in [0.15, 0.2) is 17.6 Å². The van der Waals surface area contributed by atoms with Gasteiger partial charge in [-0.1, -0.05) is 12.1 Å². The molecule has 0 bridgehead atoms. The molecule has 3 rings (SSSR count). The Labute approximate surface area is 121 Å². The summed E-state index contributed by atoms with van der Waals surface area (Å²) >= 11 is 0. The molecule has 1 N–H and O–H groups in total. The number of aliphatic hydroxyl groups excluding tert-OH is 1. The van der Waals surface area contributed by atoms with Gasteiger partial charge >= 0.3 is 0 Å². The highest BCUT2D eigenvalue weighted by Gasteiger charge is 2.30. The summed E-state index contributed by atoms with van der Waals surface area (Å²) in [5, 5.41) is 10.5. The van der Waals surface area contributed by atoms with E-state index in [4.69, 9.17) is 14.2 Å². The molecule has 0 saturated heterocycles. The molecule has 2 aromatic rings. The maximum Gasteiger partial charge on any atom is 0.163 e. The first-order valence-electron chi connectivity index (χ1n) is 6.59. The molecule has 4 nitrogen and oxygen atoms in total. The molecule has 0 amide bonds. The number of methoxy groups -OCH3 is 1. The van der Waals surface area contributed by atoms with Crippen molar-refractivity contribution in [3.63, 3.8) is 0 Å². The van der Waals surface area contributed by atoms with Gasteiger partial charge in [0.1, 0.15) is 24.3 Å². The van der Waals surface area contributed by atoms with Gasteiger partial charge in [0.2, 0.25) is 0 Å². The Morgan fingerprint density at radius 3 is 2.76 bits per heavy atom. The minimum atomic E-state index is -1.05. The molecular weight excluding hydrogens is 275 g/mol. The van der Waals surface area contributed by atoms with Crippen LogP contribution in [0.5, 0.6) is 17.2 Å². The molecule has 2 atom stereocenters. The minimum absolute atomic E-state index is 0.178. The summed E-state index contributed by atoms with van der Waals surface area (Å²) in [6.07, 6.45) is -1.68. The Morgan fingerprint density at radius 2 is 2.00 bits per heavy atom. The van der Waals surface area contributed by atoms with Crippen LogP contribution < -0.4 is 14.2 Å². The summed E-state index contributed by atoms with van der Waals surface area (Å²) in [5.41, 5.74) is 0.338. The number of aliphatic hydroxyl groups is 1. The Bertz CT molecular complexity index is 644. The van der Waals surface area contributed by atoms with Crippen molar-refractivity contribution in [1.82, 2.24) is 0 Å². The molecule has 0 saturated carbocycles. The molecular formula is C16H15FO4. The average molecular weight is 290 g/mol. The second-order valence-electron chi connectivity index (χ2n) is 4.75. The molecule has 2 unspecified atom stereocenters. The van der Waals surface area contributed by atoms with Gasteiger partial charge in [0.25, 0.3) is 0 Å². The fourth-order valence-electron chi connectivity index (χ4n) is 2.33. The number of halogens is 1. The summed E-state index contributed by atoms with van der Waals surface area (Å²) in [4.78, 5) is 0. The highest BCUT2D eigenvalue weighted by Crippen LogP contribution is 2.36. The summed E-state index contributed by atoms with van der Waals surface area (Å²) in [7, 11) is 1.47. The molecule has 1 heterocycles. The summed E-state index contributed by atoms with van der Waals surface area (Å²) in [5.74, 6) is 1.16. The monoisotopic (exact) mass is 290 g/mol. The molecule has 0 spiro atoms. The normalized spacial score (nSPS) is 18.1. The number of ether oxygens (including phenoxy) is 3. The van der Waals surface area contributed by atoms with Crippen LogP contribution in [0.4, 0.5) is 4.39 Å². The smallest absolute Gasteiger partial charge is 0.163 e. The third kappa shape index (κ3) is 2.64. The Balaban J connectivity index is 1.87. The van der Waals surface area contributed by atoms with Crippen molar-refractivity contribution < 1.29 is 23.7 Å². The lowest BCUT2D eigenvalue weighted by Gasteiger charge is -2.30. The lowest BCUT2D eigenvalue weighted by atomic mass is 10.0. The van der Waals surface area contributed by atoms with Crippen LogP contribution in [0.2, 0.25) is 0 Å². The predicted octanol–water partition coefficient (Wildman–Crippen LogP) is 2.71. The van der Waals surface area contributed by atoms with Crippen LogP contribution in [0.1, 0.15) is 11.7 Å². The van der Waals surface area contributed by atoms with E-state index in [-0.39, 0.29) is 6.61 Å². The standard InChI is InChI=1S/C16H15FO4/c1-19-12-7-6-10(17)8-11(12)16(18)15-9-20-13-4-2-3-5-14(13)21-15/h2-8,15-16,18H,9H2,1H3. The number of hydrogen-bond acceptors (Lipinski definition) is 4. The lowest BCUT2D eigenvalue weighted by Crippen LogP contribution is -2.35. The van der Waals surface area contributed by atoms with Gasteiger partial charge in [-0.15, -0.1) is 0 Å². The van der Waals surface area contributed by atoms with Crippen molar-refractivity contribution in [2.45, 2.75) is 12.2 Å². The van der Waals surface area contributed by atoms with E-state index in [1.54, 1.807) is 12.1 Å². The van der Waals surface area contributed by atoms with E-state index in [9.17, 15) is 9.50 Å². The number of fused-ring (bicyclic) bond motifs is 1.